The molecule has 7 heteroatoms. The highest BCUT2D eigenvalue weighted by molar-refractivity contribution is 8.03. The average molecular weight is 429 g/mol. The Morgan fingerprint density at radius 2 is 1.53 bits per heavy atom. The zero-order valence-electron chi connectivity index (χ0n) is 17.0. The van der Waals surface area contributed by atoms with E-state index < -0.39 is 17.7 Å². The van der Waals surface area contributed by atoms with Crippen molar-refractivity contribution in [3.05, 3.63) is 71.1 Å². The number of ether oxygens (including phenoxy) is 3. The van der Waals surface area contributed by atoms with E-state index >= 15 is 0 Å². The Morgan fingerprint density at radius 3 is 2.23 bits per heavy atom. The van der Waals surface area contributed by atoms with Crippen LogP contribution in [0.15, 0.2) is 65.6 Å². The molecule has 0 atom stereocenters. The Balaban J connectivity index is 2.04. The molecular formula is C23H24O6S. The molecule has 2 rings (SSSR count). The van der Waals surface area contributed by atoms with Crippen LogP contribution in [0.2, 0.25) is 0 Å². The minimum atomic E-state index is -0.910. The number of benzene rings is 2. The van der Waals surface area contributed by atoms with Gasteiger partial charge in [0.1, 0.15) is 11.5 Å². The summed E-state index contributed by atoms with van der Waals surface area (Å²) < 4.78 is 15.6. The van der Waals surface area contributed by atoms with Crippen molar-refractivity contribution in [3.8, 4) is 11.5 Å². The molecule has 0 aromatic heterocycles. The highest BCUT2D eigenvalue weighted by Crippen LogP contribution is 2.27. The van der Waals surface area contributed by atoms with Crippen molar-refractivity contribution in [2.45, 2.75) is 26.0 Å². The Labute approximate surface area is 180 Å². The number of esters is 2. The number of carbonyl (C=O) groups excluding carboxylic acids is 3. The molecule has 0 aliphatic carbocycles. The second-order valence-corrected chi connectivity index (χ2v) is 7.00. The fourth-order valence-electron chi connectivity index (χ4n) is 2.37. The molecule has 2 aromatic rings. The molecule has 0 N–H and O–H groups in total. The molecule has 0 aliphatic heterocycles. The molecule has 0 amide bonds. The van der Waals surface area contributed by atoms with E-state index in [4.69, 9.17) is 9.47 Å². The molecular weight excluding hydrogens is 404 g/mol. The van der Waals surface area contributed by atoms with Gasteiger partial charge in [-0.15, -0.1) is 11.8 Å². The number of thioether (sulfide) groups is 1. The van der Waals surface area contributed by atoms with Crippen molar-refractivity contribution in [1.82, 2.24) is 0 Å². The lowest BCUT2D eigenvalue weighted by Gasteiger charge is -2.09. The van der Waals surface area contributed by atoms with Crippen LogP contribution in [-0.4, -0.2) is 30.9 Å². The summed E-state index contributed by atoms with van der Waals surface area (Å²) in [5.74, 6) is -0.282. The molecule has 0 radical (unpaired) electrons. The molecule has 0 saturated heterocycles. The third kappa shape index (κ3) is 7.75. The lowest BCUT2D eigenvalue weighted by molar-refractivity contribution is -0.153. The zero-order valence-corrected chi connectivity index (χ0v) is 17.8. The third-order valence-corrected chi connectivity index (χ3v) is 4.85. The van der Waals surface area contributed by atoms with Crippen LogP contribution in [0.1, 0.15) is 25.8 Å². The molecule has 0 unspecified atom stereocenters. The molecule has 0 aliphatic rings. The maximum atomic E-state index is 12.2. The summed E-state index contributed by atoms with van der Waals surface area (Å²) in [6.45, 7) is 3.66. The largest absolute Gasteiger partial charge is 0.462 e. The van der Waals surface area contributed by atoms with Crippen molar-refractivity contribution in [2.75, 3.05) is 13.2 Å². The number of carbonyl (C=O) groups is 3. The van der Waals surface area contributed by atoms with Gasteiger partial charge in [0.2, 0.25) is 5.78 Å². The monoisotopic (exact) mass is 428 g/mol. The summed E-state index contributed by atoms with van der Waals surface area (Å²) in [5, 5.41) is 0. The molecule has 6 nitrogen and oxygen atoms in total. The van der Waals surface area contributed by atoms with Gasteiger partial charge in [0.05, 0.1) is 18.1 Å². The number of para-hydroxylation sites is 1. The van der Waals surface area contributed by atoms with E-state index in [1.807, 2.05) is 54.6 Å². The highest BCUT2D eigenvalue weighted by Gasteiger charge is 2.17. The van der Waals surface area contributed by atoms with Gasteiger partial charge < -0.3 is 14.2 Å². The third-order valence-electron chi connectivity index (χ3n) is 3.72. The molecule has 158 valence electrons. The summed E-state index contributed by atoms with van der Waals surface area (Å²) in [4.78, 5) is 35.8. The predicted molar refractivity (Wildman–Crippen MR) is 115 cm³/mol. The number of rotatable bonds is 11. The number of hydrogen-bond donors (Lipinski definition) is 0. The number of allylic oxidation sites excluding steroid dienone is 1. The van der Waals surface area contributed by atoms with Crippen LogP contribution >= 0.6 is 11.8 Å². The first kappa shape index (κ1) is 23.2. The zero-order chi connectivity index (χ0) is 21.8. The quantitative estimate of drug-likeness (QED) is 0.292. The van der Waals surface area contributed by atoms with E-state index in [0.717, 1.165) is 11.3 Å². The summed E-state index contributed by atoms with van der Waals surface area (Å²) in [6.07, 6.45) is 1.18. The van der Waals surface area contributed by atoms with Crippen molar-refractivity contribution < 1.29 is 28.6 Å². The van der Waals surface area contributed by atoms with Gasteiger partial charge in [-0.05, 0) is 43.7 Å². The van der Waals surface area contributed by atoms with Gasteiger partial charge in [-0.2, -0.15) is 0 Å². The number of hydrogen-bond acceptors (Lipinski definition) is 7. The SMILES string of the molecule is CCOC(=O)C(=O)CC=C(SCc1cccc(Oc2ccccc2)c1)C(=O)OCC. The second-order valence-electron chi connectivity index (χ2n) is 5.99. The van der Waals surface area contributed by atoms with Crippen LogP contribution in [0.4, 0.5) is 0 Å². The van der Waals surface area contributed by atoms with Crippen molar-refractivity contribution in [2.24, 2.45) is 0 Å². The topological polar surface area (TPSA) is 78.9 Å². The fourth-order valence-corrected chi connectivity index (χ4v) is 3.25. The van der Waals surface area contributed by atoms with E-state index in [-0.39, 0.29) is 24.5 Å². The Morgan fingerprint density at radius 1 is 0.867 bits per heavy atom. The van der Waals surface area contributed by atoms with Crippen LogP contribution in [-0.2, 0) is 29.6 Å². The Kier molecular flexibility index (Phi) is 9.67. The minimum absolute atomic E-state index is 0.120. The van der Waals surface area contributed by atoms with Gasteiger partial charge >= 0.3 is 11.9 Å². The van der Waals surface area contributed by atoms with Gasteiger partial charge in [-0.25, -0.2) is 9.59 Å². The Hall–Kier alpha value is -3.06. The first-order valence-corrected chi connectivity index (χ1v) is 10.5. The molecule has 30 heavy (non-hydrogen) atoms. The first-order valence-electron chi connectivity index (χ1n) is 9.55. The van der Waals surface area contributed by atoms with Crippen molar-refractivity contribution >= 4 is 29.5 Å². The van der Waals surface area contributed by atoms with Crippen LogP contribution in [0.5, 0.6) is 11.5 Å². The molecule has 0 bridgehead atoms. The van der Waals surface area contributed by atoms with E-state index in [1.165, 1.54) is 17.8 Å². The van der Waals surface area contributed by atoms with Gasteiger partial charge in [0.15, 0.2) is 0 Å². The molecule has 2 aromatic carbocycles. The molecule has 0 spiro atoms. The second kappa shape index (κ2) is 12.5. The molecule has 0 fully saturated rings. The van der Waals surface area contributed by atoms with Gasteiger partial charge in [0.25, 0.3) is 0 Å². The number of ketones is 1. The maximum absolute atomic E-state index is 12.2. The van der Waals surface area contributed by atoms with Crippen molar-refractivity contribution in [1.29, 1.82) is 0 Å². The van der Waals surface area contributed by atoms with Crippen molar-refractivity contribution in [3.63, 3.8) is 0 Å². The lowest BCUT2D eigenvalue weighted by atomic mass is 10.2. The minimum Gasteiger partial charge on any atom is -0.462 e. The number of Topliss-reactive ketones (excluding diaryl/α,β-unsaturated/α-hetero) is 1. The van der Waals surface area contributed by atoms with E-state index in [0.29, 0.717) is 11.5 Å². The lowest BCUT2D eigenvalue weighted by Crippen LogP contribution is -2.16. The van der Waals surface area contributed by atoms with Crippen LogP contribution in [0.3, 0.4) is 0 Å². The van der Waals surface area contributed by atoms with Crippen LogP contribution in [0.25, 0.3) is 0 Å². The average Bonchev–Trinajstić information content (AvgIpc) is 2.75. The van der Waals surface area contributed by atoms with E-state index in [1.54, 1.807) is 13.8 Å². The van der Waals surface area contributed by atoms with Crippen LogP contribution in [0, 0.1) is 0 Å². The summed E-state index contributed by atoms with van der Waals surface area (Å²) in [7, 11) is 0. The summed E-state index contributed by atoms with van der Waals surface area (Å²) in [6, 6.07) is 16.9. The standard InChI is InChI=1S/C23H24O6S/c1-3-27-22(25)20(24)13-14-21(23(26)28-4-2)30-16-17-9-8-12-19(15-17)29-18-10-6-5-7-11-18/h5-12,14-15H,3-4,13,16H2,1-2H3. The summed E-state index contributed by atoms with van der Waals surface area (Å²) in [5.41, 5.74) is 0.931. The highest BCUT2D eigenvalue weighted by atomic mass is 32.2. The Bertz CT molecular complexity index is 892. The van der Waals surface area contributed by atoms with Gasteiger partial charge in [-0.1, -0.05) is 36.4 Å². The van der Waals surface area contributed by atoms with Gasteiger partial charge in [-0.3, -0.25) is 4.79 Å². The van der Waals surface area contributed by atoms with E-state index in [9.17, 15) is 14.4 Å². The first-order chi connectivity index (χ1) is 14.5. The van der Waals surface area contributed by atoms with E-state index in [2.05, 4.69) is 4.74 Å². The maximum Gasteiger partial charge on any atom is 0.374 e. The molecule has 0 saturated carbocycles. The summed E-state index contributed by atoms with van der Waals surface area (Å²) >= 11 is 1.23. The normalized spacial score (nSPS) is 10.9. The fraction of sp³-hybridized carbons (Fsp3) is 0.261. The molecule has 0 heterocycles. The predicted octanol–water partition coefficient (Wildman–Crippen LogP) is 4.68. The smallest absolute Gasteiger partial charge is 0.374 e. The van der Waals surface area contributed by atoms with Gasteiger partial charge in [0, 0.05) is 12.2 Å². The van der Waals surface area contributed by atoms with Crippen LogP contribution < -0.4 is 4.74 Å².